The molecule has 0 amide bonds. The second kappa shape index (κ2) is 40.2. The highest BCUT2D eigenvalue weighted by Crippen LogP contribution is 2.24. The summed E-state index contributed by atoms with van der Waals surface area (Å²) in [5, 5.41) is 0. The fraction of sp³-hybridized carbons (Fsp3) is 0.915. The quantitative estimate of drug-likeness (QED) is 0.0420. The van der Waals surface area contributed by atoms with Gasteiger partial charge < -0.3 is 18.9 Å². The van der Waals surface area contributed by atoms with Gasteiger partial charge >= 0.3 is 0 Å². The van der Waals surface area contributed by atoms with E-state index in [4.69, 9.17) is 18.9 Å². The van der Waals surface area contributed by atoms with E-state index in [1.165, 1.54) is 103 Å². The number of hydrogen-bond donors (Lipinski definition) is 0. The third-order valence-electron chi connectivity index (χ3n) is 8.49. The number of hydrogen-bond acceptors (Lipinski definition) is 4. The van der Waals surface area contributed by atoms with Crippen molar-refractivity contribution in [3.8, 4) is 23.7 Å². The first-order valence-corrected chi connectivity index (χ1v) is 21.4. The second-order valence-corrected chi connectivity index (χ2v) is 16.5. The molecule has 0 fully saturated rings. The Hall–Kier alpha value is -1.04. The van der Waals surface area contributed by atoms with Crippen molar-refractivity contribution in [1.82, 2.24) is 0 Å². The predicted octanol–water partition coefficient (Wildman–Crippen LogP) is 14.9. The van der Waals surface area contributed by atoms with Crippen LogP contribution in [0.25, 0.3) is 0 Å². The summed E-state index contributed by atoms with van der Waals surface area (Å²) in [6.07, 6.45) is 28.2. The van der Waals surface area contributed by atoms with Crippen LogP contribution in [0.5, 0.6) is 0 Å². The van der Waals surface area contributed by atoms with Gasteiger partial charge in [-0.05, 0) is 62.2 Å². The van der Waals surface area contributed by atoms with Crippen LogP contribution in [0.3, 0.4) is 0 Å². The molecule has 0 aromatic heterocycles. The smallest absolute Gasteiger partial charge is 0.157 e. The van der Waals surface area contributed by atoms with Crippen molar-refractivity contribution in [1.29, 1.82) is 0 Å². The van der Waals surface area contributed by atoms with Gasteiger partial charge in [0.15, 0.2) is 12.6 Å². The molecule has 0 saturated carbocycles. The van der Waals surface area contributed by atoms with Crippen LogP contribution in [-0.2, 0) is 18.9 Å². The summed E-state index contributed by atoms with van der Waals surface area (Å²) in [6.45, 7) is 25.6. The highest BCUT2D eigenvalue weighted by atomic mass is 16.7. The minimum atomic E-state index is -0.130. The largest absolute Gasteiger partial charge is 0.353 e. The van der Waals surface area contributed by atoms with Gasteiger partial charge in [0.1, 0.15) is 0 Å². The summed E-state index contributed by atoms with van der Waals surface area (Å²) >= 11 is 0. The summed E-state index contributed by atoms with van der Waals surface area (Å²) in [5.74, 6) is 12.8. The van der Waals surface area contributed by atoms with Gasteiger partial charge in [0.25, 0.3) is 0 Å². The van der Waals surface area contributed by atoms with Crippen molar-refractivity contribution in [2.45, 2.75) is 243 Å². The minimum Gasteiger partial charge on any atom is -0.353 e. The lowest BCUT2D eigenvalue weighted by molar-refractivity contribution is -0.150. The fourth-order valence-electron chi connectivity index (χ4n) is 5.09. The molecule has 4 nitrogen and oxygen atoms in total. The SMILES string of the molecule is C.CCCCC#CCCOC(CCC(C)(C)C)OCCC#CCCCC.CCCCCCCCOC(CCC(C)(C)C)OCCCCCCCC. The van der Waals surface area contributed by atoms with E-state index in [2.05, 4.69) is 92.9 Å². The van der Waals surface area contributed by atoms with Gasteiger partial charge in [-0.1, -0.05) is 154 Å². The molecular formula is C47H92O4. The van der Waals surface area contributed by atoms with Gasteiger partial charge in [0.05, 0.1) is 13.2 Å². The highest BCUT2D eigenvalue weighted by Gasteiger charge is 2.17. The summed E-state index contributed by atoms with van der Waals surface area (Å²) in [4.78, 5) is 0. The summed E-state index contributed by atoms with van der Waals surface area (Å²) in [6, 6.07) is 0. The maximum atomic E-state index is 6.07. The Bertz CT molecular complexity index is 751. The molecule has 0 heterocycles. The first-order chi connectivity index (χ1) is 24.0. The standard InChI is InChI=1S/C23H48O2.C23H40O2.CH4/c2*1-6-8-10-12-14-16-20-24-22(18-19-23(3,4)5)25-21-17-15-13-11-9-7-2;/h22H,6-21H2,1-5H3;22H,6-11,16-21H2,1-5H3;1H4. The van der Waals surface area contributed by atoms with Crippen molar-refractivity contribution in [2.75, 3.05) is 26.4 Å². The van der Waals surface area contributed by atoms with Crippen LogP contribution in [0.2, 0.25) is 0 Å². The van der Waals surface area contributed by atoms with Gasteiger partial charge in [-0.15, -0.1) is 23.7 Å². The normalized spacial score (nSPS) is 11.4. The van der Waals surface area contributed by atoms with Gasteiger partial charge in [-0.2, -0.15) is 0 Å². The van der Waals surface area contributed by atoms with Crippen LogP contribution in [-0.4, -0.2) is 39.0 Å². The van der Waals surface area contributed by atoms with Crippen molar-refractivity contribution >= 4 is 0 Å². The van der Waals surface area contributed by atoms with Crippen molar-refractivity contribution < 1.29 is 18.9 Å². The van der Waals surface area contributed by atoms with E-state index in [9.17, 15) is 0 Å². The zero-order valence-corrected chi connectivity index (χ0v) is 35.6. The average molecular weight is 721 g/mol. The number of ether oxygens (including phenoxy) is 4. The summed E-state index contributed by atoms with van der Waals surface area (Å²) in [7, 11) is 0. The number of rotatable bonds is 30. The molecule has 304 valence electrons. The molecule has 0 aromatic rings. The molecule has 51 heavy (non-hydrogen) atoms. The van der Waals surface area contributed by atoms with Crippen LogP contribution < -0.4 is 0 Å². The maximum absolute atomic E-state index is 6.07. The molecule has 0 atom stereocenters. The van der Waals surface area contributed by atoms with Gasteiger partial charge in [-0.3, -0.25) is 0 Å². The Morgan fingerprint density at radius 2 is 0.667 bits per heavy atom. The zero-order valence-electron chi connectivity index (χ0n) is 35.6. The fourth-order valence-corrected chi connectivity index (χ4v) is 5.09. The lowest BCUT2D eigenvalue weighted by Gasteiger charge is -2.24. The predicted molar refractivity (Wildman–Crippen MR) is 226 cm³/mol. The monoisotopic (exact) mass is 721 g/mol. The molecule has 0 N–H and O–H groups in total. The third kappa shape index (κ3) is 49.0. The Morgan fingerprint density at radius 3 is 1.00 bits per heavy atom. The van der Waals surface area contributed by atoms with Crippen molar-refractivity contribution in [3.05, 3.63) is 0 Å². The van der Waals surface area contributed by atoms with Gasteiger partial charge in [0.2, 0.25) is 0 Å². The molecule has 0 aliphatic heterocycles. The van der Waals surface area contributed by atoms with Crippen LogP contribution in [0.1, 0.15) is 231 Å². The molecule has 0 spiro atoms. The molecule has 4 heteroatoms. The Kier molecular flexibility index (Phi) is 42.8. The lowest BCUT2D eigenvalue weighted by Crippen LogP contribution is -2.21. The summed E-state index contributed by atoms with van der Waals surface area (Å²) in [5.41, 5.74) is 0.649. The maximum Gasteiger partial charge on any atom is 0.157 e. The Morgan fingerprint density at radius 1 is 0.373 bits per heavy atom. The van der Waals surface area contributed by atoms with E-state index in [-0.39, 0.29) is 20.0 Å². The molecule has 0 bridgehead atoms. The first-order valence-electron chi connectivity index (χ1n) is 21.4. The van der Waals surface area contributed by atoms with Gasteiger partial charge in [0, 0.05) is 38.9 Å². The molecule has 0 aromatic carbocycles. The molecular weight excluding hydrogens is 629 g/mol. The van der Waals surface area contributed by atoms with Gasteiger partial charge in [-0.25, -0.2) is 0 Å². The number of unbranched alkanes of at least 4 members (excludes halogenated alkanes) is 14. The van der Waals surface area contributed by atoms with Crippen LogP contribution >= 0.6 is 0 Å². The molecule has 0 rings (SSSR count). The lowest BCUT2D eigenvalue weighted by atomic mass is 9.90. The first kappa shape index (κ1) is 54.3. The minimum absolute atomic E-state index is 0. The van der Waals surface area contributed by atoms with Crippen LogP contribution in [0.15, 0.2) is 0 Å². The topological polar surface area (TPSA) is 36.9 Å². The summed E-state index contributed by atoms with van der Waals surface area (Å²) < 4.78 is 24.0. The Labute approximate surface area is 322 Å². The third-order valence-corrected chi connectivity index (χ3v) is 8.49. The molecule has 0 radical (unpaired) electrons. The Balaban J connectivity index is -0.000000886. The van der Waals surface area contributed by atoms with E-state index in [0.29, 0.717) is 24.0 Å². The molecule has 0 aliphatic carbocycles. The average Bonchev–Trinajstić information content (AvgIpc) is 3.06. The van der Waals surface area contributed by atoms with E-state index < -0.39 is 0 Å². The van der Waals surface area contributed by atoms with E-state index in [0.717, 1.165) is 64.6 Å². The zero-order chi connectivity index (χ0) is 37.6. The highest BCUT2D eigenvalue weighted by molar-refractivity contribution is 4.99. The molecule has 0 aliphatic rings. The molecule has 0 unspecified atom stereocenters. The van der Waals surface area contributed by atoms with E-state index in [1.807, 2.05) is 0 Å². The second-order valence-electron chi connectivity index (χ2n) is 16.5. The molecule has 0 saturated heterocycles. The van der Waals surface area contributed by atoms with E-state index >= 15 is 0 Å². The van der Waals surface area contributed by atoms with Crippen molar-refractivity contribution in [2.24, 2.45) is 10.8 Å². The van der Waals surface area contributed by atoms with Crippen molar-refractivity contribution in [3.63, 3.8) is 0 Å². The van der Waals surface area contributed by atoms with Crippen LogP contribution in [0, 0.1) is 34.5 Å². The van der Waals surface area contributed by atoms with Crippen LogP contribution in [0.4, 0.5) is 0 Å². The van der Waals surface area contributed by atoms with E-state index in [1.54, 1.807) is 0 Å².